The molecule has 0 saturated carbocycles. The molecular formula is C11H11ClN4O. The summed E-state index contributed by atoms with van der Waals surface area (Å²) >= 11 is 5.73. The number of pyridine rings is 1. The number of aryl methyl sites for hydroxylation is 2. The van der Waals surface area contributed by atoms with Crippen molar-refractivity contribution in [3.8, 4) is 0 Å². The molecule has 0 aromatic carbocycles. The average molecular weight is 251 g/mol. The van der Waals surface area contributed by atoms with Crippen molar-refractivity contribution in [2.45, 2.75) is 13.8 Å². The Kier molecular flexibility index (Phi) is 3.10. The highest BCUT2D eigenvalue weighted by Crippen LogP contribution is 2.15. The summed E-state index contributed by atoms with van der Waals surface area (Å²) in [5.41, 5.74) is 2.56. The first-order valence-electron chi connectivity index (χ1n) is 5.02. The van der Waals surface area contributed by atoms with E-state index in [0.717, 1.165) is 5.69 Å². The summed E-state index contributed by atoms with van der Waals surface area (Å²) in [6.45, 7) is 3.58. The van der Waals surface area contributed by atoms with Crippen LogP contribution in [0.2, 0.25) is 5.15 Å². The third-order valence-electron chi connectivity index (χ3n) is 2.34. The van der Waals surface area contributed by atoms with Crippen molar-refractivity contribution in [2.75, 3.05) is 5.32 Å². The lowest BCUT2D eigenvalue weighted by atomic mass is 10.2. The Bertz CT molecular complexity index is 545. The van der Waals surface area contributed by atoms with Gasteiger partial charge >= 0.3 is 0 Å². The molecule has 2 N–H and O–H groups in total. The number of carbonyl (C=O) groups is 1. The van der Waals surface area contributed by atoms with Crippen molar-refractivity contribution in [3.05, 3.63) is 40.4 Å². The second kappa shape index (κ2) is 4.55. The first kappa shape index (κ1) is 11.6. The number of nitrogens with zero attached hydrogens (tertiary/aromatic N) is 2. The highest BCUT2D eigenvalue weighted by atomic mass is 35.5. The Hall–Kier alpha value is -1.88. The third kappa shape index (κ3) is 2.45. The molecular weight excluding hydrogens is 240 g/mol. The summed E-state index contributed by atoms with van der Waals surface area (Å²) in [5.74, 6) is -0.212. The molecule has 2 aromatic rings. The number of H-pyrrole nitrogens is 1. The molecule has 0 saturated heterocycles. The van der Waals surface area contributed by atoms with Gasteiger partial charge in [-0.05, 0) is 26.0 Å². The van der Waals surface area contributed by atoms with E-state index in [1.165, 1.54) is 6.20 Å². The van der Waals surface area contributed by atoms with Crippen LogP contribution in [0.3, 0.4) is 0 Å². The maximum Gasteiger partial charge on any atom is 0.259 e. The molecule has 0 fully saturated rings. The minimum absolute atomic E-state index is 0.212. The van der Waals surface area contributed by atoms with Crippen molar-refractivity contribution in [3.63, 3.8) is 0 Å². The zero-order valence-corrected chi connectivity index (χ0v) is 10.2. The van der Waals surface area contributed by atoms with Gasteiger partial charge < -0.3 is 5.32 Å². The largest absolute Gasteiger partial charge is 0.322 e. The molecule has 0 bridgehead atoms. The van der Waals surface area contributed by atoms with E-state index >= 15 is 0 Å². The summed E-state index contributed by atoms with van der Waals surface area (Å²) in [6.07, 6.45) is 1.53. The second-order valence-electron chi connectivity index (χ2n) is 3.63. The molecule has 0 radical (unpaired) electrons. The van der Waals surface area contributed by atoms with Gasteiger partial charge in [-0.25, -0.2) is 4.98 Å². The Morgan fingerprint density at radius 2 is 2.24 bits per heavy atom. The van der Waals surface area contributed by atoms with E-state index in [0.29, 0.717) is 22.1 Å². The van der Waals surface area contributed by atoms with Crippen molar-refractivity contribution < 1.29 is 4.79 Å². The van der Waals surface area contributed by atoms with Crippen LogP contribution in [-0.4, -0.2) is 21.1 Å². The van der Waals surface area contributed by atoms with E-state index in [4.69, 9.17) is 11.6 Å². The van der Waals surface area contributed by atoms with Gasteiger partial charge in [0.05, 0.1) is 11.3 Å². The van der Waals surface area contributed by atoms with Gasteiger partial charge in [0, 0.05) is 17.6 Å². The molecule has 2 rings (SSSR count). The highest BCUT2D eigenvalue weighted by Gasteiger charge is 2.15. The summed E-state index contributed by atoms with van der Waals surface area (Å²) < 4.78 is 0. The Labute approximate surface area is 103 Å². The molecule has 88 valence electrons. The van der Waals surface area contributed by atoms with Gasteiger partial charge in [0.2, 0.25) is 0 Å². The van der Waals surface area contributed by atoms with Gasteiger partial charge in [-0.15, -0.1) is 0 Å². The van der Waals surface area contributed by atoms with E-state index in [2.05, 4.69) is 20.5 Å². The predicted molar refractivity (Wildman–Crippen MR) is 65.3 cm³/mol. The van der Waals surface area contributed by atoms with Crippen LogP contribution in [0.15, 0.2) is 18.3 Å². The van der Waals surface area contributed by atoms with Crippen molar-refractivity contribution in [2.24, 2.45) is 0 Å². The lowest BCUT2D eigenvalue weighted by Crippen LogP contribution is -2.13. The monoisotopic (exact) mass is 250 g/mol. The number of amides is 1. The van der Waals surface area contributed by atoms with Gasteiger partial charge in [0.15, 0.2) is 0 Å². The minimum Gasteiger partial charge on any atom is -0.322 e. The summed E-state index contributed by atoms with van der Waals surface area (Å²) in [5, 5.41) is 9.82. The molecule has 2 heterocycles. The molecule has 6 heteroatoms. The Morgan fingerprint density at radius 1 is 1.47 bits per heavy atom. The van der Waals surface area contributed by atoms with Crippen LogP contribution < -0.4 is 5.32 Å². The van der Waals surface area contributed by atoms with Crippen LogP contribution in [0.5, 0.6) is 0 Å². The number of carbonyl (C=O) groups excluding carboxylic acids is 1. The van der Waals surface area contributed by atoms with E-state index in [1.807, 2.05) is 0 Å². The van der Waals surface area contributed by atoms with Crippen LogP contribution >= 0.6 is 11.6 Å². The Balaban J connectivity index is 2.23. The van der Waals surface area contributed by atoms with Gasteiger partial charge in [-0.2, -0.15) is 5.10 Å². The number of hydrogen-bond acceptors (Lipinski definition) is 3. The maximum absolute atomic E-state index is 12.0. The van der Waals surface area contributed by atoms with Crippen LogP contribution in [0.4, 0.5) is 5.69 Å². The number of rotatable bonds is 2. The average Bonchev–Trinajstić information content (AvgIpc) is 2.58. The molecule has 0 aliphatic carbocycles. The third-order valence-corrected chi connectivity index (χ3v) is 2.55. The van der Waals surface area contributed by atoms with E-state index in [-0.39, 0.29) is 5.91 Å². The topological polar surface area (TPSA) is 70.7 Å². The fraction of sp³-hybridized carbons (Fsp3) is 0.182. The molecule has 0 aliphatic heterocycles. The fourth-order valence-electron chi connectivity index (χ4n) is 1.56. The number of halogens is 1. The first-order chi connectivity index (χ1) is 8.08. The summed E-state index contributed by atoms with van der Waals surface area (Å²) in [7, 11) is 0. The molecule has 0 unspecified atom stereocenters. The summed E-state index contributed by atoms with van der Waals surface area (Å²) in [6, 6.07) is 3.26. The minimum atomic E-state index is -0.212. The van der Waals surface area contributed by atoms with Crippen molar-refractivity contribution >= 4 is 23.2 Å². The van der Waals surface area contributed by atoms with E-state index in [1.54, 1.807) is 26.0 Å². The molecule has 2 aromatic heterocycles. The highest BCUT2D eigenvalue weighted by molar-refractivity contribution is 6.29. The molecule has 0 atom stereocenters. The quantitative estimate of drug-likeness (QED) is 0.804. The smallest absolute Gasteiger partial charge is 0.259 e. The van der Waals surface area contributed by atoms with Gasteiger partial charge in [0.25, 0.3) is 5.91 Å². The van der Waals surface area contributed by atoms with Crippen LogP contribution in [0, 0.1) is 13.8 Å². The summed E-state index contributed by atoms with van der Waals surface area (Å²) in [4.78, 5) is 15.8. The SMILES string of the molecule is Cc1n[nH]c(C)c1C(=O)Nc1ccnc(Cl)c1. The lowest BCUT2D eigenvalue weighted by molar-refractivity contribution is 0.102. The zero-order chi connectivity index (χ0) is 12.4. The van der Waals surface area contributed by atoms with Crippen molar-refractivity contribution in [1.82, 2.24) is 15.2 Å². The van der Waals surface area contributed by atoms with Gasteiger partial charge in [-0.3, -0.25) is 9.89 Å². The molecule has 17 heavy (non-hydrogen) atoms. The first-order valence-corrected chi connectivity index (χ1v) is 5.40. The molecule has 1 amide bonds. The Morgan fingerprint density at radius 3 is 2.82 bits per heavy atom. The lowest BCUT2D eigenvalue weighted by Gasteiger charge is -2.05. The predicted octanol–water partition coefficient (Wildman–Crippen LogP) is 2.33. The van der Waals surface area contributed by atoms with Crippen LogP contribution in [0.1, 0.15) is 21.7 Å². The number of aromatic amines is 1. The molecule has 5 nitrogen and oxygen atoms in total. The van der Waals surface area contributed by atoms with Crippen LogP contribution in [0.25, 0.3) is 0 Å². The standard InChI is InChI=1S/C11H11ClN4O/c1-6-10(7(2)16-15-6)11(17)14-8-3-4-13-9(12)5-8/h3-5H,1-2H3,(H,15,16)(H,13,14,17). The van der Waals surface area contributed by atoms with Crippen molar-refractivity contribution in [1.29, 1.82) is 0 Å². The maximum atomic E-state index is 12.0. The van der Waals surface area contributed by atoms with E-state index < -0.39 is 0 Å². The zero-order valence-electron chi connectivity index (χ0n) is 9.41. The molecule has 0 spiro atoms. The number of anilines is 1. The fourth-order valence-corrected chi connectivity index (χ4v) is 1.73. The number of aromatic nitrogens is 3. The van der Waals surface area contributed by atoms with Gasteiger partial charge in [0.1, 0.15) is 5.15 Å². The van der Waals surface area contributed by atoms with Crippen LogP contribution in [-0.2, 0) is 0 Å². The molecule has 0 aliphatic rings. The number of hydrogen-bond donors (Lipinski definition) is 2. The normalized spacial score (nSPS) is 10.3. The van der Waals surface area contributed by atoms with Gasteiger partial charge in [-0.1, -0.05) is 11.6 Å². The number of nitrogens with one attached hydrogen (secondary N) is 2. The second-order valence-corrected chi connectivity index (χ2v) is 4.02. The van der Waals surface area contributed by atoms with E-state index in [9.17, 15) is 4.79 Å².